The maximum atomic E-state index is 12.1. The van der Waals surface area contributed by atoms with Crippen LogP contribution in [0.3, 0.4) is 0 Å². The molecule has 8 rings (SSSR count). The molecule has 0 bridgehead atoms. The molecular formula is C56H70Cl4N12O8. The van der Waals surface area contributed by atoms with Crippen molar-refractivity contribution in [3.8, 4) is 22.5 Å². The average Bonchev–Trinajstić information content (AvgIpc) is 4.15. The second-order valence-corrected chi connectivity index (χ2v) is 21.1. The largest absolute Gasteiger partial charge is 0.377 e. The molecule has 0 spiro atoms. The van der Waals surface area contributed by atoms with Crippen LogP contribution in [0, 0.1) is 0 Å². The number of fused-ring (bicyclic) bond motifs is 2. The lowest BCUT2D eigenvalue weighted by atomic mass is 9.84. The monoisotopic (exact) mass is 1180 g/mol. The van der Waals surface area contributed by atoms with Gasteiger partial charge in [0.25, 0.3) is 0 Å². The fourth-order valence-electron chi connectivity index (χ4n) is 9.52. The number of ether oxygens (including phenoxy) is 6. The summed E-state index contributed by atoms with van der Waals surface area (Å²) in [7, 11) is 4.20. The normalized spacial score (nSPS) is 15.4. The summed E-state index contributed by atoms with van der Waals surface area (Å²) in [6.07, 6.45) is 3.85. The van der Waals surface area contributed by atoms with E-state index in [4.69, 9.17) is 74.8 Å². The average molecular weight is 1180 g/mol. The number of carbonyl (C=O) groups is 2. The van der Waals surface area contributed by atoms with E-state index in [0.717, 1.165) is 70.9 Å². The van der Waals surface area contributed by atoms with Gasteiger partial charge in [-0.15, -0.1) is 10.2 Å². The summed E-state index contributed by atoms with van der Waals surface area (Å²) in [4.78, 5) is 28.7. The topological polar surface area (TPSA) is 206 Å². The number of likely N-dealkylation sites (N-methyl/N-ethyl adjacent to an activating group) is 2. The number of benzene rings is 4. The van der Waals surface area contributed by atoms with E-state index in [0.29, 0.717) is 126 Å². The van der Waals surface area contributed by atoms with Crippen molar-refractivity contribution < 1.29 is 38.0 Å². The van der Waals surface area contributed by atoms with Crippen LogP contribution in [0.4, 0.5) is 9.59 Å². The van der Waals surface area contributed by atoms with Crippen LogP contribution in [0.1, 0.15) is 45.2 Å². The van der Waals surface area contributed by atoms with E-state index < -0.39 is 0 Å². The molecule has 0 aliphatic carbocycles. The number of aromatic nitrogens is 6. The van der Waals surface area contributed by atoms with Gasteiger partial charge in [0.1, 0.15) is 11.4 Å². The van der Waals surface area contributed by atoms with Crippen LogP contribution in [-0.2, 0) is 54.6 Å². The standard InChI is InChI=1S/C56H70Cl4N12O8/c1-69-33-47(45-29-43(57)31-51(59)49(45)35-69)39-5-3-7-41(27-39)53-37-71(67-65-53)13-17-77-21-25-79-23-19-75-15-11-63-55(73)61-9-10-62-56(74)64-12-16-76-20-24-80-26-22-78-18-14-72-38-54(66-68-72)42-8-4-6-40(28-42)48-34-70(2)36-50-46(48)30-44(58)32-52(50)60/h3-8,27-32,37-38,47-48H,9-26,33-36H2,1-2H3,(H2,61,63,73)(H2,62,64,74)/t47-,48-/m0/s1. The number of rotatable bonds is 31. The van der Waals surface area contributed by atoms with Crippen molar-refractivity contribution in [1.29, 1.82) is 0 Å². The highest BCUT2D eigenvalue weighted by atomic mass is 35.5. The van der Waals surface area contributed by atoms with Crippen LogP contribution in [0.5, 0.6) is 0 Å². The number of hydrogen-bond acceptors (Lipinski definition) is 14. The first-order valence-electron chi connectivity index (χ1n) is 26.8. The van der Waals surface area contributed by atoms with Crippen molar-refractivity contribution in [2.45, 2.75) is 38.0 Å². The molecule has 4 amide bonds. The highest BCUT2D eigenvalue weighted by molar-refractivity contribution is 6.35. The molecule has 2 atom stereocenters. The molecule has 20 nitrogen and oxygen atoms in total. The van der Waals surface area contributed by atoms with Crippen molar-refractivity contribution in [3.63, 3.8) is 0 Å². The smallest absolute Gasteiger partial charge is 0.314 e. The van der Waals surface area contributed by atoms with E-state index in [1.807, 2.05) is 60.9 Å². The zero-order chi connectivity index (χ0) is 56.1. The Morgan fingerprint density at radius 3 is 1.29 bits per heavy atom. The van der Waals surface area contributed by atoms with Gasteiger partial charge in [-0.05, 0) is 83.9 Å². The molecule has 430 valence electrons. The van der Waals surface area contributed by atoms with Crippen LogP contribution in [-0.4, -0.2) is 184 Å². The van der Waals surface area contributed by atoms with Gasteiger partial charge in [-0.25, -0.2) is 19.0 Å². The van der Waals surface area contributed by atoms with Gasteiger partial charge in [0, 0.05) is 95.4 Å². The Labute approximate surface area is 486 Å². The molecule has 4 N–H and O–H groups in total. The fraction of sp³-hybridized carbons (Fsp3) is 0.464. The molecule has 2 aliphatic heterocycles. The van der Waals surface area contributed by atoms with Gasteiger partial charge in [-0.1, -0.05) is 93.2 Å². The summed E-state index contributed by atoms with van der Waals surface area (Å²) >= 11 is 26.0. The number of amides is 4. The number of nitrogens with one attached hydrogen (secondary N) is 4. The summed E-state index contributed by atoms with van der Waals surface area (Å²) in [5, 5.41) is 30.9. The molecule has 24 heteroatoms. The van der Waals surface area contributed by atoms with Crippen molar-refractivity contribution in [3.05, 3.63) is 139 Å². The Morgan fingerprint density at radius 2 is 0.875 bits per heavy atom. The Balaban J connectivity index is 0.560. The van der Waals surface area contributed by atoms with Crippen LogP contribution >= 0.6 is 46.4 Å². The summed E-state index contributed by atoms with van der Waals surface area (Å²) in [5.41, 5.74) is 10.4. The summed E-state index contributed by atoms with van der Waals surface area (Å²) in [6.45, 7) is 10.3. The zero-order valence-corrected chi connectivity index (χ0v) is 48.2. The molecular weight excluding hydrogens is 1110 g/mol. The van der Waals surface area contributed by atoms with Crippen LogP contribution in [0.2, 0.25) is 20.1 Å². The Kier molecular flexibility index (Phi) is 24.0. The summed E-state index contributed by atoms with van der Waals surface area (Å²) in [6, 6.07) is 23.7. The second kappa shape index (κ2) is 31.7. The van der Waals surface area contributed by atoms with E-state index >= 15 is 0 Å². The quantitative estimate of drug-likeness (QED) is 0.0314. The minimum atomic E-state index is -0.359. The number of nitrogens with zero attached hydrogens (tertiary/aromatic N) is 8. The van der Waals surface area contributed by atoms with E-state index in [1.54, 1.807) is 9.36 Å². The molecule has 0 saturated heterocycles. The summed E-state index contributed by atoms with van der Waals surface area (Å²) in [5.74, 6) is 0.262. The highest BCUT2D eigenvalue weighted by Crippen LogP contribution is 2.41. The predicted molar refractivity (Wildman–Crippen MR) is 308 cm³/mol. The van der Waals surface area contributed by atoms with Gasteiger partial charge < -0.3 is 59.5 Å². The first-order valence-corrected chi connectivity index (χ1v) is 28.3. The molecule has 2 aliphatic rings. The zero-order valence-electron chi connectivity index (χ0n) is 45.1. The van der Waals surface area contributed by atoms with Crippen LogP contribution in [0.25, 0.3) is 22.5 Å². The molecule has 4 heterocycles. The van der Waals surface area contributed by atoms with Crippen molar-refractivity contribution >= 4 is 58.5 Å². The molecule has 2 aromatic heterocycles. The third-order valence-electron chi connectivity index (χ3n) is 13.4. The van der Waals surface area contributed by atoms with Gasteiger partial charge >= 0.3 is 12.1 Å². The van der Waals surface area contributed by atoms with Crippen molar-refractivity contribution in [2.24, 2.45) is 0 Å². The van der Waals surface area contributed by atoms with Gasteiger partial charge in [0.05, 0.1) is 105 Å². The van der Waals surface area contributed by atoms with Crippen LogP contribution in [0.15, 0.2) is 85.2 Å². The molecule has 0 unspecified atom stereocenters. The maximum absolute atomic E-state index is 12.1. The van der Waals surface area contributed by atoms with Gasteiger partial charge in [0.2, 0.25) is 0 Å². The maximum Gasteiger partial charge on any atom is 0.314 e. The lowest BCUT2D eigenvalue weighted by Gasteiger charge is -2.33. The lowest BCUT2D eigenvalue weighted by Crippen LogP contribution is -2.44. The first kappa shape index (κ1) is 60.6. The SMILES string of the molecule is CN1Cc2c(Cl)cc(Cl)cc2[C@H](c2cccc(-c3cn(CCOCCOCCOCCNC(=O)NCCNC(=O)NCCOCCOCCOCCn4cc(-c5cccc([C@@H]6CN(C)Cc7c(Cl)cc(Cl)cc76)c5)nn4)nn3)c2)C1. The first-order chi connectivity index (χ1) is 39.0. The minimum Gasteiger partial charge on any atom is -0.377 e. The Morgan fingerprint density at radius 1 is 0.500 bits per heavy atom. The fourth-order valence-corrected chi connectivity index (χ4v) is 10.7. The second-order valence-electron chi connectivity index (χ2n) is 19.4. The number of carbonyl (C=O) groups excluding carboxylic acids is 2. The summed E-state index contributed by atoms with van der Waals surface area (Å²) < 4.78 is 37.3. The molecule has 80 heavy (non-hydrogen) atoms. The number of urea groups is 2. The molecule has 4 aromatic carbocycles. The highest BCUT2D eigenvalue weighted by Gasteiger charge is 2.29. The van der Waals surface area contributed by atoms with E-state index in [-0.39, 0.29) is 37.0 Å². The predicted octanol–water partition coefficient (Wildman–Crippen LogP) is 7.37. The Hall–Kier alpha value is -5.46. The molecule has 0 fully saturated rings. The molecule has 6 aromatic rings. The van der Waals surface area contributed by atoms with Crippen molar-refractivity contribution in [2.75, 3.05) is 133 Å². The van der Waals surface area contributed by atoms with E-state index in [1.165, 1.54) is 11.1 Å². The van der Waals surface area contributed by atoms with E-state index in [2.05, 4.69) is 90.1 Å². The van der Waals surface area contributed by atoms with Gasteiger partial charge in [0.15, 0.2) is 0 Å². The van der Waals surface area contributed by atoms with Crippen LogP contribution < -0.4 is 21.3 Å². The van der Waals surface area contributed by atoms with E-state index in [9.17, 15) is 9.59 Å². The number of halogens is 4. The Bertz CT molecular complexity index is 2740. The molecule has 0 radical (unpaired) electrons. The lowest BCUT2D eigenvalue weighted by molar-refractivity contribution is 0.0135. The third-order valence-corrected chi connectivity index (χ3v) is 14.5. The number of hydrogen-bond donors (Lipinski definition) is 4. The van der Waals surface area contributed by atoms with Gasteiger partial charge in [-0.2, -0.15) is 0 Å². The van der Waals surface area contributed by atoms with Crippen molar-refractivity contribution in [1.82, 2.24) is 61.1 Å². The minimum absolute atomic E-state index is 0.131. The van der Waals surface area contributed by atoms with Gasteiger partial charge in [-0.3, -0.25) is 0 Å². The molecule has 0 saturated carbocycles. The third kappa shape index (κ3) is 18.5.